The molecule has 36 heavy (non-hydrogen) atoms. The van der Waals surface area contributed by atoms with Crippen molar-refractivity contribution in [1.29, 1.82) is 0 Å². The van der Waals surface area contributed by atoms with Gasteiger partial charge in [-0.3, -0.25) is 9.59 Å². The van der Waals surface area contributed by atoms with Crippen molar-refractivity contribution in [3.63, 3.8) is 0 Å². The van der Waals surface area contributed by atoms with Gasteiger partial charge in [0, 0.05) is 25.8 Å². The van der Waals surface area contributed by atoms with Crippen molar-refractivity contribution in [3.05, 3.63) is 57.9 Å². The lowest BCUT2D eigenvalue weighted by Gasteiger charge is -2.20. The molecule has 0 aliphatic carbocycles. The minimum Gasteiger partial charge on any atom is -0.468 e. The molecule has 9 nitrogen and oxygen atoms in total. The van der Waals surface area contributed by atoms with Crippen LogP contribution >= 0.6 is 11.3 Å². The average Bonchev–Trinajstić information content (AvgIpc) is 3.50. The predicted molar refractivity (Wildman–Crippen MR) is 136 cm³/mol. The van der Waals surface area contributed by atoms with Crippen LogP contribution in [0.1, 0.15) is 34.3 Å². The fourth-order valence-electron chi connectivity index (χ4n) is 4.17. The van der Waals surface area contributed by atoms with E-state index in [2.05, 4.69) is 4.99 Å². The molecule has 2 aromatic carbocycles. The first kappa shape index (κ1) is 26.2. The molecule has 4 rings (SSSR count). The third-order valence-corrected chi connectivity index (χ3v) is 9.28. The summed E-state index contributed by atoms with van der Waals surface area (Å²) in [5.74, 6) is -0.988. The van der Waals surface area contributed by atoms with Crippen molar-refractivity contribution in [3.8, 4) is 0 Å². The lowest BCUT2D eigenvalue weighted by atomic mass is 10.1. The number of amides is 1. The third kappa shape index (κ3) is 5.29. The second kappa shape index (κ2) is 10.6. The van der Waals surface area contributed by atoms with Crippen molar-refractivity contribution in [1.82, 2.24) is 8.87 Å². The van der Waals surface area contributed by atoms with Crippen LogP contribution in [-0.2, 0) is 30.8 Å². The van der Waals surface area contributed by atoms with Crippen LogP contribution < -0.4 is 4.80 Å². The molecule has 1 aliphatic heterocycles. The van der Waals surface area contributed by atoms with Crippen molar-refractivity contribution in [2.75, 3.05) is 27.3 Å². The zero-order chi connectivity index (χ0) is 26.0. The van der Waals surface area contributed by atoms with Gasteiger partial charge in [0.2, 0.25) is 10.0 Å². The molecular weight excluding hydrogens is 502 g/mol. The molecule has 1 atom stereocenters. The van der Waals surface area contributed by atoms with E-state index in [0.717, 1.165) is 34.2 Å². The Morgan fingerprint density at radius 2 is 1.86 bits per heavy atom. The van der Waals surface area contributed by atoms with E-state index >= 15 is 0 Å². The fraction of sp³-hybridized carbons (Fsp3) is 0.400. The summed E-state index contributed by atoms with van der Waals surface area (Å²) in [6.45, 7) is 4.74. The average molecular weight is 532 g/mol. The molecule has 1 aliphatic rings. The van der Waals surface area contributed by atoms with Crippen molar-refractivity contribution in [2.24, 2.45) is 4.99 Å². The number of aryl methyl sites for hydroxylation is 2. The molecule has 0 bridgehead atoms. The standard InChI is InChI=1S/C25H29N3O6S2/c1-16-7-8-17(2)23-22(16)28(15-21(29)33-4)25(35-23)26-24(30)18-9-11-20(12-10-18)36(31,32)27(3)14-19-6-5-13-34-19/h7-12,19H,5-6,13-15H2,1-4H3. The van der Waals surface area contributed by atoms with Crippen LogP contribution in [0.15, 0.2) is 46.3 Å². The number of fused-ring (bicyclic) bond motifs is 1. The lowest BCUT2D eigenvalue weighted by molar-refractivity contribution is -0.141. The molecule has 1 aromatic heterocycles. The van der Waals surface area contributed by atoms with Gasteiger partial charge in [0.1, 0.15) is 6.54 Å². The Bertz CT molecular complexity index is 1470. The van der Waals surface area contributed by atoms with Gasteiger partial charge < -0.3 is 14.0 Å². The van der Waals surface area contributed by atoms with E-state index in [-0.39, 0.29) is 29.7 Å². The third-order valence-electron chi connectivity index (χ3n) is 6.23. The fourth-order valence-corrected chi connectivity index (χ4v) is 6.55. The number of esters is 1. The highest BCUT2D eigenvalue weighted by Gasteiger charge is 2.26. The van der Waals surface area contributed by atoms with E-state index < -0.39 is 21.9 Å². The molecule has 0 saturated carbocycles. The van der Waals surface area contributed by atoms with Gasteiger partial charge in [-0.25, -0.2) is 8.42 Å². The van der Waals surface area contributed by atoms with Gasteiger partial charge in [-0.15, -0.1) is 0 Å². The largest absolute Gasteiger partial charge is 0.468 e. The van der Waals surface area contributed by atoms with Crippen molar-refractivity contribution >= 4 is 43.5 Å². The predicted octanol–water partition coefficient (Wildman–Crippen LogP) is 3.03. The maximum absolute atomic E-state index is 13.0. The molecule has 192 valence electrons. The Balaban J connectivity index is 1.65. The molecule has 1 fully saturated rings. The summed E-state index contributed by atoms with van der Waals surface area (Å²) in [4.78, 5) is 29.9. The highest BCUT2D eigenvalue weighted by atomic mass is 32.2. The van der Waals surface area contributed by atoms with Gasteiger partial charge in [0.05, 0.1) is 28.3 Å². The smallest absolute Gasteiger partial charge is 0.325 e. The number of methoxy groups -OCH3 is 1. The topological polar surface area (TPSA) is 107 Å². The number of hydrogen-bond donors (Lipinski definition) is 0. The zero-order valence-corrected chi connectivity index (χ0v) is 22.3. The quantitative estimate of drug-likeness (QED) is 0.434. The minimum absolute atomic E-state index is 0.0822. The van der Waals surface area contributed by atoms with Gasteiger partial charge >= 0.3 is 5.97 Å². The number of nitrogens with zero attached hydrogens (tertiary/aromatic N) is 3. The molecule has 1 saturated heterocycles. The Morgan fingerprint density at radius 1 is 1.17 bits per heavy atom. The Morgan fingerprint density at radius 3 is 2.50 bits per heavy atom. The second-order valence-corrected chi connectivity index (χ2v) is 11.8. The Hall–Kier alpha value is -2.86. The number of rotatable bonds is 7. The maximum atomic E-state index is 13.0. The highest BCUT2D eigenvalue weighted by Crippen LogP contribution is 2.25. The summed E-state index contributed by atoms with van der Waals surface area (Å²) in [6, 6.07) is 9.66. The molecule has 0 radical (unpaired) electrons. The molecule has 11 heteroatoms. The van der Waals surface area contributed by atoms with Gasteiger partial charge in [0.25, 0.3) is 5.91 Å². The molecule has 3 aromatic rings. The number of carbonyl (C=O) groups excluding carboxylic acids is 2. The molecular formula is C25H29N3O6S2. The second-order valence-electron chi connectivity index (χ2n) is 8.79. The van der Waals surface area contributed by atoms with Gasteiger partial charge in [-0.1, -0.05) is 23.5 Å². The summed E-state index contributed by atoms with van der Waals surface area (Å²) in [5.41, 5.74) is 3.03. The number of thiazole rings is 1. The minimum atomic E-state index is -3.72. The van der Waals surface area contributed by atoms with E-state index in [0.29, 0.717) is 11.4 Å². The Kier molecular flexibility index (Phi) is 7.74. The summed E-state index contributed by atoms with van der Waals surface area (Å²) in [6.07, 6.45) is 1.66. The normalized spacial score (nSPS) is 16.7. The number of ether oxygens (including phenoxy) is 2. The van der Waals surface area contributed by atoms with Gasteiger partial charge in [0.15, 0.2) is 4.80 Å². The number of aromatic nitrogens is 1. The first-order valence-electron chi connectivity index (χ1n) is 11.5. The van der Waals surface area contributed by atoms with E-state index in [1.165, 1.54) is 54.1 Å². The van der Waals surface area contributed by atoms with E-state index in [9.17, 15) is 18.0 Å². The van der Waals surface area contributed by atoms with Crippen molar-refractivity contribution < 1.29 is 27.5 Å². The number of hydrogen-bond acceptors (Lipinski definition) is 7. The van der Waals surface area contributed by atoms with Crippen LogP contribution in [0, 0.1) is 13.8 Å². The summed E-state index contributed by atoms with van der Waals surface area (Å²) >= 11 is 1.32. The van der Waals surface area contributed by atoms with E-state index in [1.807, 2.05) is 26.0 Å². The number of benzene rings is 2. The number of sulfonamides is 1. The maximum Gasteiger partial charge on any atom is 0.325 e. The molecule has 1 amide bonds. The highest BCUT2D eigenvalue weighted by molar-refractivity contribution is 7.89. The molecule has 0 N–H and O–H groups in total. The summed E-state index contributed by atoms with van der Waals surface area (Å²) < 4.78 is 40.2. The van der Waals surface area contributed by atoms with Gasteiger partial charge in [-0.2, -0.15) is 9.30 Å². The van der Waals surface area contributed by atoms with Crippen LogP contribution in [0.3, 0.4) is 0 Å². The first-order chi connectivity index (χ1) is 17.1. The monoisotopic (exact) mass is 531 g/mol. The zero-order valence-electron chi connectivity index (χ0n) is 20.7. The van der Waals surface area contributed by atoms with Crippen LogP contribution in [0.5, 0.6) is 0 Å². The SMILES string of the molecule is COC(=O)Cn1c(=NC(=O)c2ccc(S(=O)(=O)N(C)CC3CCCO3)cc2)sc2c(C)ccc(C)c21. The number of carbonyl (C=O) groups is 2. The lowest BCUT2D eigenvalue weighted by Crippen LogP contribution is -2.34. The van der Waals surface area contributed by atoms with Gasteiger partial charge in [-0.05, 0) is 62.1 Å². The van der Waals surface area contributed by atoms with Crippen LogP contribution in [0.4, 0.5) is 0 Å². The van der Waals surface area contributed by atoms with Crippen LogP contribution in [-0.4, -0.2) is 62.6 Å². The molecule has 2 heterocycles. The number of likely N-dealkylation sites (N-methyl/N-ethyl adjacent to an activating group) is 1. The molecule has 1 unspecified atom stereocenters. The molecule has 0 spiro atoms. The van der Waals surface area contributed by atoms with Crippen LogP contribution in [0.2, 0.25) is 0 Å². The van der Waals surface area contributed by atoms with Crippen LogP contribution in [0.25, 0.3) is 10.2 Å². The summed E-state index contributed by atoms with van der Waals surface area (Å²) in [7, 11) is -0.884. The Labute approximate surface area is 214 Å². The first-order valence-corrected chi connectivity index (χ1v) is 13.8. The van der Waals surface area contributed by atoms with E-state index in [1.54, 1.807) is 4.57 Å². The van der Waals surface area contributed by atoms with E-state index in [4.69, 9.17) is 9.47 Å². The summed E-state index contributed by atoms with van der Waals surface area (Å²) in [5, 5.41) is 0. The van der Waals surface area contributed by atoms with Crippen molar-refractivity contribution in [2.45, 2.75) is 44.2 Å².